The van der Waals surface area contributed by atoms with Crippen molar-refractivity contribution in [2.24, 2.45) is 0 Å². The van der Waals surface area contributed by atoms with Gasteiger partial charge in [0.05, 0.1) is 0 Å². The summed E-state index contributed by atoms with van der Waals surface area (Å²) in [5.74, 6) is 0. The Morgan fingerprint density at radius 2 is 1.81 bits per heavy atom. The highest BCUT2D eigenvalue weighted by atomic mass is 14.1. The predicted molar refractivity (Wildman–Crippen MR) is 71.3 cm³/mol. The summed E-state index contributed by atoms with van der Waals surface area (Å²) in [6, 6.07) is 8.59. The molecule has 16 heavy (non-hydrogen) atoms. The zero-order valence-electron chi connectivity index (χ0n) is 10.1. The van der Waals surface area contributed by atoms with E-state index in [1.807, 2.05) is 0 Å². The lowest BCUT2D eigenvalue weighted by atomic mass is 9.90. The summed E-state index contributed by atoms with van der Waals surface area (Å²) in [6.07, 6.45) is 6.77. The van der Waals surface area contributed by atoms with Crippen LogP contribution in [0.1, 0.15) is 30.9 Å². The first-order valence-electron chi connectivity index (χ1n) is 5.81. The third kappa shape index (κ3) is 2.16. The van der Waals surface area contributed by atoms with Crippen molar-refractivity contribution in [3.05, 3.63) is 65.3 Å². The van der Waals surface area contributed by atoms with Gasteiger partial charge in [0.2, 0.25) is 0 Å². The molecule has 0 saturated heterocycles. The third-order valence-corrected chi connectivity index (χ3v) is 3.16. The van der Waals surface area contributed by atoms with Gasteiger partial charge in [0.15, 0.2) is 0 Å². The minimum Gasteiger partial charge on any atom is -0.0906 e. The Labute approximate surface area is 98.0 Å². The summed E-state index contributed by atoms with van der Waals surface area (Å²) in [5.41, 5.74) is 6.43. The molecular formula is C16H18. The third-order valence-electron chi connectivity index (χ3n) is 3.16. The second-order valence-electron chi connectivity index (χ2n) is 4.48. The van der Waals surface area contributed by atoms with Gasteiger partial charge >= 0.3 is 0 Å². The molecule has 0 bridgehead atoms. The van der Waals surface area contributed by atoms with E-state index in [0.717, 1.165) is 18.4 Å². The van der Waals surface area contributed by atoms with Crippen molar-refractivity contribution in [1.29, 1.82) is 0 Å². The molecule has 0 saturated carbocycles. The molecule has 1 aliphatic carbocycles. The Morgan fingerprint density at radius 1 is 1.12 bits per heavy atom. The second kappa shape index (κ2) is 4.52. The number of hydrogen-bond acceptors (Lipinski definition) is 0. The predicted octanol–water partition coefficient (Wildman–Crippen LogP) is 4.67. The van der Waals surface area contributed by atoms with Crippen LogP contribution in [0.2, 0.25) is 0 Å². The molecule has 1 aliphatic rings. The zero-order chi connectivity index (χ0) is 11.5. The first-order valence-corrected chi connectivity index (χ1v) is 5.81. The van der Waals surface area contributed by atoms with Crippen molar-refractivity contribution in [1.82, 2.24) is 0 Å². The molecule has 0 fully saturated rings. The Balaban J connectivity index is 2.32. The molecule has 0 atom stereocenters. The van der Waals surface area contributed by atoms with Crippen LogP contribution in [-0.2, 0) is 0 Å². The molecule has 0 amide bonds. The topological polar surface area (TPSA) is 0 Å². The zero-order valence-corrected chi connectivity index (χ0v) is 10.1. The molecule has 0 spiro atoms. The molecule has 0 heterocycles. The molecule has 0 unspecified atom stereocenters. The molecule has 0 radical (unpaired) electrons. The van der Waals surface area contributed by atoms with E-state index in [0.29, 0.717) is 0 Å². The van der Waals surface area contributed by atoms with E-state index in [9.17, 15) is 0 Å². The molecule has 0 aliphatic heterocycles. The van der Waals surface area contributed by atoms with Crippen molar-refractivity contribution in [3.8, 4) is 0 Å². The van der Waals surface area contributed by atoms with Crippen LogP contribution in [0, 0.1) is 6.92 Å². The van der Waals surface area contributed by atoms with Gasteiger partial charge in [-0.2, -0.15) is 0 Å². The van der Waals surface area contributed by atoms with Crippen LogP contribution >= 0.6 is 0 Å². The molecule has 0 heteroatoms. The maximum absolute atomic E-state index is 4.22. The SMILES string of the molecule is C=C(C1=C(C)CCC=C1)c1ccc(C)cc1. The Bertz CT molecular complexity index is 455. The molecule has 0 N–H and O–H groups in total. The quantitative estimate of drug-likeness (QED) is 0.665. The van der Waals surface area contributed by atoms with E-state index in [1.54, 1.807) is 0 Å². The van der Waals surface area contributed by atoms with Gasteiger partial charge < -0.3 is 0 Å². The summed E-state index contributed by atoms with van der Waals surface area (Å²) in [5, 5.41) is 0. The van der Waals surface area contributed by atoms with E-state index in [2.05, 4.69) is 56.8 Å². The summed E-state index contributed by atoms with van der Waals surface area (Å²) >= 11 is 0. The number of aryl methyl sites for hydroxylation is 1. The fraction of sp³-hybridized carbons (Fsp3) is 0.250. The van der Waals surface area contributed by atoms with E-state index >= 15 is 0 Å². The molecular weight excluding hydrogens is 192 g/mol. The van der Waals surface area contributed by atoms with Crippen LogP contribution in [-0.4, -0.2) is 0 Å². The molecule has 0 nitrogen and oxygen atoms in total. The van der Waals surface area contributed by atoms with E-state index in [-0.39, 0.29) is 0 Å². The highest BCUT2D eigenvalue weighted by molar-refractivity contribution is 5.81. The molecule has 0 aromatic heterocycles. The largest absolute Gasteiger partial charge is 0.0906 e. The van der Waals surface area contributed by atoms with Gasteiger partial charge in [-0.05, 0) is 43.4 Å². The lowest BCUT2D eigenvalue weighted by Gasteiger charge is -2.15. The summed E-state index contributed by atoms with van der Waals surface area (Å²) in [4.78, 5) is 0. The average Bonchev–Trinajstić information content (AvgIpc) is 2.30. The summed E-state index contributed by atoms with van der Waals surface area (Å²) in [6.45, 7) is 8.53. The van der Waals surface area contributed by atoms with Crippen molar-refractivity contribution < 1.29 is 0 Å². The number of allylic oxidation sites excluding steroid dienone is 5. The molecule has 1 aromatic carbocycles. The molecule has 2 rings (SSSR count). The smallest absolute Gasteiger partial charge is 0.0184 e. The van der Waals surface area contributed by atoms with E-state index in [4.69, 9.17) is 0 Å². The minimum atomic E-state index is 1.15. The van der Waals surface area contributed by atoms with E-state index < -0.39 is 0 Å². The fourth-order valence-electron chi connectivity index (χ4n) is 2.05. The standard InChI is InChI=1S/C16H18/c1-12-8-10-15(11-9-12)14(3)16-7-5-4-6-13(16)2/h5,7-11H,3-4,6H2,1-2H3. The Hall–Kier alpha value is -1.56. The lowest BCUT2D eigenvalue weighted by molar-refractivity contribution is 0.950. The van der Waals surface area contributed by atoms with Crippen LogP contribution in [0.4, 0.5) is 0 Å². The molecule has 1 aromatic rings. The highest BCUT2D eigenvalue weighted by Gasteiger charge is 2.08. The van der Waals surface area contributed by atoms with Crippen molar-refractivity contribution in [2.45, 2.75) is 26.7 Å². The average molecular weight is 210 g/mol. The lowest BCUT2D eigenvalue weighted by Crippen LogP contribution is -1.94. The fourth-order valence-corrected chi connectivity index (χ4v) is 2.05. The van der Waals surface area contributed by atoms with Gasteiger partial charge in [0.1, 0.15) is 0 Å². The first kappa shape index (κ1) is 10.9. The first-order chi connectivity index (χ1) is 7.68. The van der Waals surface area contributed by atoms with Crippen molar-refractivity contribution in [3.63, 3.8) is 0 Å². The van der Waals surface area contributed by atoms with Gasteiger partial charge in [-0.3, -0.25) is 0 Å². The van der Waals surface area contributed by atoms with Gasteiger partial charge in [0, 0.05) is 0 Å². The van der Waals surface area contributed by atoms with Gasteiger partial charge in [-0.1, -0.05) is 54.1 Å². The van der Waals surface area contributed by atoms with Gasteiger partial charge in [-0.25, -0.2) is 0 Å². The van der Waals surface area contributed by atoms with Crippen molar-refractivity contribution >= 4 is 5.57 Å². The summed E-state index contributed by atoms with van der Waals surface area (Å²) < 4.78 is 0. The van der Waals surface area contributed by atoms with Crippen LogP contribution in [0.5, 0.6) is 0 Å². The van der Waals surface area contributed by atoms with Crippen LogP contribution < -0.4 is 0 Å². The number of benzene rings is 1. The van der Waals surface area contributed by atoms with E-state index in [1.165, 1.54) is 22.3 Å². The minimum absolute atomic E-state index is 1.15. The highest BCUT2D eigenvalue weighted by Crippen LogP contribution is 2.29. The maximum Gasteiger partial charge on any atom is -0.0184 e. The van der Waals surface area contributed by atoms with Crippen LogP contribution in [0.15, 0.2) is 54.1 Å². The Kier molecular flexibility index (Phi) is 3.09. The number of hydrogen-bond donors (Lipinski definition) is 0. The maximum atomic E-state index is 4.22. The van der Waals surface area contributed by atoms with Crippen LogP contribution in [0.25, 0.3) is 5.57 Å². The van der Waals surface area contributed by atoms with Gasteiger partial charge in [-0.15, -0.1) is 0 Å². The van der Waals surface area contributed by atoms with Crippen LogP contribution in [0.3, 0.4) is 0 Å². The van der Waals surface area contributed by atoms with Gasteiger partial charge in [0.25, 0.3) is 0 Å². The van der Waals surface area contributed by atoms with Crippen molar-refractivity contribution in [2.75, 3.05) is 0 Å². The Morgan fingerprint density at radius 3 is 2.44 bits per heavy atom. The summed E-state index contributed by atoms with van der Waals surface area (Å²) in [7, 11) is 0. The second-order valence-corrected chi connectivity index (χ2v) is 4.48. The normalized spacial score (nSPS) is 15.4. The molecule has 82 valence electrons. The number of rotatable bonds is 2. The monoisotopic (exact) mass is 210 g/mol.